The highest BCUT2D eigenvalue weighted by Crippen LogP contribution is 2.65. The quantitative estimate of drug-likeness (QED) is 0.359. The summed E-state index contributed by atoms with van der Waals surface area (Å²) >= 11 is 0. The molecule has 39 heavy (non-hydrogen) atoms. The zero-order chi connectivity index (χ0) is 26.7. The number of carbonyl (C=O) groups is 2. The summed E-state index contributed by atoms with van der Waals surface area (Å²) in [6.07, 6.45) is 6.07. The first-order valence-electron chi connectivity index (χ1n) is 13.0. The molecule has 0 radical (unpaired) electrons. The number of aromatic amines is 1. The van der Waals surface area contributed by atoms with E-state index in [0.29, 0.717) is 42.2 Å². The first kappa shape index (κ1) is 27.2. The molecule has 11 nitrogen and oxygen atoms in total. The van der Waals surface area contributed by atoms with Gasteiger partial charge in [0.05, 0.1) is 24.5 Å². The van der Waals surface area contributed by atoms with Crippen molar-refractivity contribution in [3.05, 3.63) is 53.3 Å². The molecule has 210 valence electrons. The van der Waals surface area contributed by atoms with E-state index in [1.165, 1.54) is 6.33 Å². The lowest BCUT2D eigenvalue weighted by Crippen LogP contribution is -2.74. The Balaban J connectivity index is 0.00000308. The van der Waals surface area contributed by atoms with E-state index in [-0.39, 0.29) is 38.8 Å². The molecule has 2 bridgehead atoms. The Bertz CT molecular complexity index is 1300. The first-order valence-corrected chi connectivity index (χ1v) is 13.0. The maximum Gasteiger partial charge on any atom is 0.334 e. The Morgan fingerprint density at radius 2 is 2.23 bits per heavy atom. The number of H-pyrrole nitrogens is 1. The largest absolute Gasteiger partial charge is 0.493 e. The number of likely N-dealkylation sites (N-methyl/N-ethyl adjacent to an activating group) is 1. The highest BCUT2D eigenvalue weighted by Gasteiger charge is 2.72. The number of aliphatic hydroxyl groups is 1. The van der Waals surface area contributed by atoms with Gasteiger partial charge in [-0.25, -0.2) is 9.78 Å². The third-order valence-electron chi connectivity index (χ3n) is 8.75. The van der Waals surface area contributed by atoms with Crippen LogP contribution in [0.25, 0.3) is 0 Å². The minimum atomic E-state index is -1.10. The summed E-state index contributed by atoms with van der Waals surface area (Å²) in [5.74, 6) is 0.570. The molecule has 11 heteroatoms. The van der Waals surface area contributed by atoms with E-state index in [1.807, 2.05) is 19.2 Å². The van der Waals surface area contributed by atoms with Crippen LogP contribution in [0.15, 0.2) is 36.5 Å². The molecular weight excluding hydrogens is 502 g/mol. The molecule has 1 amide bonds. The Labute approximate surface area is 227 Å². The minimum Gasteiger partial charge on any atom is -0.493 e. The van der Waals surface area contributed by atoms with Crippen LogP contribution in [0.5, 0.6) is 11.5 Å². The number of ether oxygens (including phenoxy) is 3. The van der Waals surface area contributed by atoms with Crippen LogP contribution in [0, 0.1) is 0 Å². The van der Waals surface area contributed by atoms with Gasteiger partial charge in [-0.3, -0.25) is 4.79 Å². The second kappa shape index (κ2) is 9.96. The molecule has 5 atom stereocenters. The van der Waals surface area contributed by atoms with Crippen molar-refractivity contribution in [3.8, 4) is 11.5 Å². The maximum absolute atomic E-state index is 13.5. The van der Waals surface area contributed by atoms with Crippen molar-refractivity contribution < 1.29 is 28.9 Å². The average molecular weight is 540 g/mol. The van der Waals surface area contributed by atoms with Crippen molar-refractivity contribution in [1.29, 1.82) is 0 Å². The fraction of sp³-hybridized carbons (Fsp3) is 0.536. The summed E-state index contributed by atoms with van der Waals surface area (Å²) < 4.78 is 18.2. The number of carbonyl (C=O) groups excluding carboxylic acids is 2. The van der Waals surface area contributed by atoms with E-state index >= 15 is 0 Å². The van der Waals surface area contributed by atoms with Crippen molar-refractivity contribution in [2.45, 2.75) is 68.7 Å². The maximum atomic E-state index is 13.5. The normalized spacial score (nSPS) is 28.8. The minimum absolute atomic E-state index is 0. The average Bonchev–Trinajstić information content (AvgIpc) is 3.53. The van der Waals surface area contributed by atoms with Crippen LogP contribution in [0.3, 0.4) is 0 Å². The number of benzene rings is 1. The number of hydrogen-bond acceptors (Lipinski definition) is 9. The third kappa shape index (κ3) is 3.94. The van der Waals surface area contributed by atoms with E-state index in [4.69, 9.17) is 19.9 Å². The zero-order valence-electron chi connectivity index (χ0n) is 21.5. The van der Waals surface area contributed by atoms with E-state index in [0.717, 1.165) is 17.7 Å². The molecular formula is C28H37N5O6. The SMILES string of the molecule is C.COc1ccc2c3c1O[C@H]1C(OC(=O)[C@H](Cc4cnc[nH]4)NC(=O)CCN)=CC[C@@]4(O)[C@@H](C2)N(C)CC[C@]314. The van der Waals surface area contributed by atoms with E-state index in [2.05, 4.69) is 20.2 Å². The predicted molar refractivity (Wildman–Crippen MR) is 142 cm³/mol. The van der Waals surface area contributed by atoms with Crippen LogP contribution in [0.4, 0.5) is 0 Å². The van der Waals surface area contributed by atoms with Crippen molar-refractivity contribution in [1.82, 2.24) is 20.2 Å². The zero-order valence-corrected chi connectivity index (χ0v) is 21.5. The van der Waals surface area contributed by atoms with Crippen molar-refractivity contribution in [3.63, 3.8) is 0 Å². The van der Waals surface area contributed by atoms with Gasteiger partial charge >= 0.3 is 5.97 Å². The fourth-order valence-corrected chi connectivity index (χ4v) is 6.98. The van der Waals surface area contributed by atoms with Gasteiger partial charge in [0.15, 0.2) is 17.6 Å². The Hall–Kier alpha value is -3.41. The smallest absolute Gasteiger partial charge is 0.334 e. The number of nitrogens with zero attached hydrogens (tertiary/aromatic N) is 2. The number of esters is 1. The first-order chi connectivity index (χ1) is 18.3. The number of nitrogens with two attached hydrogens (primary N) is 1. The monoisotopic (exact) mass is 539 g/mol. The molecule has 3 heterocycles. The standard InChI is InChI=1S/C27H33N5O6.CH4/c1-32-10-8-26-22-15-3-4-18(36-2)23(22)38-24(26)19(5-7-27(26,35)20(32)11-15)37-25(34)17(31-21(33)6-9-28)12-16-13-29-14-30-16;/h3-5,13-14,17,20,24,35H,6-12,28H2,1-2H3,(H,29,30)(H,31,33);1H4/t17-,20+,24-,26-,27+;/m0./s1. The Kier molecular flexibility index (Phi) is 6.94. The molecule has 1 saturated heterocycles. The molecule has 5 N–H and O–H groups in total. The molecule has 2 aliphatic heterocycles. The summed E-state index contributed by atoms with van der Waals surface area (Å²) in [5, 5.41) is 15.1. The van der Waals surface area contributed by atoms with Gasteiger partial charge < -0.3 is 40.3 Å². The highest BCUT2D eigenvalue weighted by atomic mass is 16.6. The van der Waals surface area contributed by atoms with Crippen LogP contribution in [0.1, 0.15) is 43.5 Å². The van der Waals surface area contributed by atoms with Gasteiger partial charge in [0.25, 0.3) is 0 Å². The number of aromatic nitrogens is 2. The molecule has 1 aromatic carbocycles. The Morgan fingerprint density at radius 1 is 1.41 bits per heavy atom. The molecule has 2 aliphatic carbocycles. The second-order valence-corrected chi connectivity index (χ2v) is 10.6. The van der Waals surface area contributed by atoms with Crippen LogP contribution >= 0.6 is 0 Å². The molecule has 1 spiro atoms. The number of likely N-dealkylation sites (tertiary alicyclic amines) is 1. The van der Waals surface area contributed by atoms with E-state index in [1.54, 1.807) is 19.4 Å². The fourth-order valence-electron chi connectivity index (χ4n) is 6.98. The topological polar surface area (TPSA) is 152 Å². The van der Waals surface area contributed by atoms with Crippen LogP contribution < -0.4 is 20.5 Å². The van der Waals surface area contributed by atoms with Crippen molar-refractivity contribution in [2.75, 3.05) is 27.2 Å². The number of amides is 1. The second-order valence-electron chi connectivity index (χ2n) is 10.6. The number of imidazole rings is 1. The number of methoxy groups -OCH3 is 1. The summed E-state index contributed by atoms with van der Waals surface area (Å²) in [5.41, 5.74) is 6.40. The lowest BCUT2D eigenvalue weighted by molar-refractivity contribution is -0.170. The number of hydrogen-bond donors (Lipinski definition) is 4. The van der Waals surface area contributed by atoms with Crippen LogP contribution in [-0.4, -0.2) is 82.9 Å². The van der Waals surface area contributed by atoms with Crippen LogP contribution in [-0.2, 0) is 32.6 Å². The van der Waals surface area contributed by atoms with Gasteiger partial charge in [0.1, 0.15) is 11.8 Å². The summed E-state index contributed by atoms with van der Waals surface area (Å²) in [7, 11) is 3.63. The van der Waals surface area contributed by atoms with Crippen LogP contribution in [0.2, 0.25) is 0 Å². The number of rotatable bonds is 8. The molecule has 0 unspecified atom stereocenters. The summed E-state index contributed by atoms with van der Waals surface area (Å²) in [4.78, 5) is 35.1. The third-order valence-corrected chi connectivity index (χ3v) is 8.75. The lowest BCUT2D eigenvalue weighted by Gasteiger charge is -2.61. The van der Waals surface area contributed by atoms with Crippen molar-refractivity contribution >= 4 is 11.9 Å². The molecule has 4 aliphatic rings. The van der Waals surface area contributed by atoms with Gasteiger partial charge in [-0.05, 0) is 44.1 Å². The van der Waals surface area contributed by atoms with Crippen molar-refractivity contribution in [2.24, 2.45) is 5.73 Å². The van der Waals surface area contributed by atoms with E-state index < -0.39 is 29.1 Å². The van der Waals surface area contributed by atoms with Gasteiger partial charge in [0.2, 0.25) is 5.91 Å². The molecule has 0 saturated carbocycles. The van der Waals surface area contributed by atoms with Gasteiger partial charge in [-0.1, -0.05) is 13.5 Å². The molecule has 6 rings (SSSR count). The van der Waals surface area contributed by atoms with Gasteiger partial charge in [-0.2, -0.15) is 0 Å². The molecule has 1 fully saturated rings. The molecule has 1 aromatic heterocycles. The summed E-state index contributed by atoms with van der Waals surface area (Å²) in [6, 6.07) is 2.88. The number of nitrogens with one attached hydrogen (secondary N) is 2. The number of piperidine rings is 1. The predicted octanol–water partition coefficient (Wildman–Crippen LogP) is 0.952. The van der Waals surface area contributed by atoms with Gasteiger partial charge in [-0.15, -0.1) is 0 Å². The van der Waals surface area contributed by atoms with E-state index in [9.17, 15) is 14.7 Å². The Morgan fingerprint density at radius 3 is 2.95 bits per heavy atom. The highest BCUT2D eigenvalue weighted by molar-refractivity contribution is 5.85. The molecule has 2 aromatic rings. The van der Waals surface area contributed by atoms with Gasteiger partial charge in [0, 0.05) is 49.3 Å². The summed E-state index contributed by atoms with van der Waals surface area (Å²) in [6.45, 7) is 0.930. The lowest BCUT2D eigenvalue weighted by atomic mass is 9.50.